The molecule has 2 aromatic rings. The first-order chi connectivity index (χ1) is 18.0. The smallest absolute Gasteiger partial charge is 0.321 e. The van der Waals surface area contributed by atoms with Gasteiger partial charge in [0, 0.05) is 32.2 Å². The van der Waals surface area contributed by atoms with Crippen molar-refractivity contribution in [3.05, 3.63) is 65.5 Å². The fraction of sp³-hybridized carbons (Fsp3) is 0.500. The highest BCUT2D eigenvalue weighted by Gasteiger charge is 2.32. The second-order valence-electron chi connectivity index (χ2n) is 10.2. The summed E-state index contributed by atoms with van der Waals surface area (Å²) in [7, 11) is -3.55. The molecule has 8 nitrogen and oxygen atoms in total. The minimum Gasteiger partial charge on any atom is -0.334 e. The molecule has 0 unspecified atom stereocenters. The summed E-state index contributed by atoms with van der Waals surface area (Å²) in [6.45, 7) is 8.63. The van der Waals surface area contributed by atoms with Gasteiger partial charge in [0.25, 0.3) is 0 Å². The molecule has 1 aliphatic rings. The summed E-state index contributed by atoms with van der Waals surface area (Å²) in [4.78, 5) is 29.8. The van der Waals surface area contributed by atoms with Crippen molar-refractivity contribution in [3.8, 4) is 0 Å². The third-order valence-corrected chi connectivity index (χ3v) is 8.53. The monoisotopic (exact) mass is 546 g/mol. The van der Waals surface area contributed by atoms with Crippen LogP contribution >= 0.6 is 0 Å². The average Bonchev–Trinajstić information content (AvgIpc) is 2.89. The van der Waals surface area contributed by atoms with Gasteiger partial charge < -0.3 is 15.1 Å². The molecule has 1 fully saturated rings. The molecule has 208 valence electrons. The van der Waals surface area contributed by atoms with Crippen LogP contribution in [0.5, 0.6) is 0 Å². The molecule has 1 aliphatic heterocycles. The Morgan fingerprint density at radius 2 is 1.71 bits per heavy atom. The number of likely N-dealkylation sites (tertiary alicyclic amines) is 1. The SMILES string of the molecule is CCS(=O)(=O)N(CC(=O)N(Cc1ccc(C)cc1)C1CCN(C(=O)Nc2ccccc2F)CC1)CC(C)C. The van der Waals surface area contributed by atoms with Gasteiger partial charge in [-0.25, -0.2) is 17.6 Å². The van der Waals surface area contributed by atoms with Crippen LogP contribution in [0.4, 0.5) is 14.9 Å². The molecule has 10 heteroatoms. The second-order valence-corrected chi connectivity index (χ2v) is 12.5. The number of hydrogen-bond donors (Lipinski definition) is 1. The fourth-order valence-corrected chi connectivity index (χ4v) is 5.75. The predicted octanol–water partition coefficient (Wildman–Crippen LogP) is 4.47. The van der Waals surface area contributed by atoms with Gasteiger partial charge in [0.1, 0.15) is 5.82 Å². The number of nitrogens with zero attached hydrogens (tertiary/aromatic N) is 3. The number of benzene rings is 2. The predicted molar refractivity (Wildman–Crippen MR) is 148 cm³/mol. The van der Waals surface area contributed by atoms with Gasteiger partial charge in [-0.1, -0.05) is 55.8 Å². The van der Waals surface area contributed by atoms with Crippen molar-refractivity contribution in [1.29, 1.82) is 0 Å². The summed E-state index contributed by atoms with van der Waals surface area (Å²) in [5.74, 6) is -0.748. The van der Waals surface area contributed by atoms with Crippen LogP contribution in [0.3, 0.4) is 0 Å². The van der Waals surface area contributed by atoms with Gasteiger partial charge in [0.15, 0.2) is 0 Å². The van der Waals surface area contributed by atoms with Gasteiger partial charge in [-0.05, 0) is 50.3 Å². The number of nitrogens with one attached hydrogen (secondary N) is 1. The topological polar surface area (TPSA) is 90.0 Å². The average molecular weight is 547 g/mol. The molecule has 0 radical (unpaired) electrons. The van der Waals surface area contributed by atoms with Crippen LogP contribution in [0.2, 0.25) is 0 Å². The lowest BCUT2D eigenvalue weighted by atomic mass is 10.0. The summed E-state index contributed by atoms with van der Waals surface area (Å²) in [5, 5.41) is 2.62. The van der Waals surface area contributed by atoms with E-state index in [-0.39, 0.29) is 48.4 Å². The largest absolute Gasteiger partial charge is 0.334 e. The Morgan fingerprint density at radius 1 is 1.08 bits per heavy atom. The van der Waals surface area contributed by atoms with E-state index in [1.807, 2.05) is 45.0 Å². The first kappa shape index (κ1) is 29.6. The standard InChI is InChI=1S/C28H39FN4O4S/c1-5-38(36,37)32(18-21(2)3)20-27(34)33(19-23-12-10-22(4)11-13-23)24-14-16-31(17-15-24)28(35)30-26-9-7-6-8-25(26)29/h6-13,21,24H,5,14-20H2,1-4H3,(H,30,35). The third kappa shape index (κ3) is 8.01. The van der Waals surface area contributed by atoms with E-state index in [4.69, 9.17) is 0 Å². The number of sulfonamides is 1. The zero-order valence-electron chi connectivity index (χ0n) is 22.7. The lowest BCUT2D eigenvalue weighted by Crippen LogP contribution is -2.52. The molecule has 1 heterocycles. The maximum Gasteiger partial charge on any atom is 0.321 e. The Bertz CT molecular complexity index is 1200. The van der Waals surface area contributed by atoms with E-state index < -0.39 is 15.8 Å². The van der Waals surface area contributed by atoms with Gasteiger partial charge in [-0.2, -0.15) is 4.31 Å². The van der Waals surface area contributed by atoms with Crippen molar-refractivity contribution in [2.24, 2.45) is 5.92 Å². The summed E-state index contributed by atoms with van der Waals surface area (Å²) in [5.41, 5.74) is 2.19. The molecule has 1 N–H and O–H groups in total. The maximum absolute atomic E-state index is 14.0. The summed E-state index contributed by atoms with van der Waals surface area (Å²) >= 11 is 0. The zero-order chi connectivity index (χ0) is 27.9. The summed E-state index contributed by atoms with van der Waals surface area (Å²) in [6, 6.07) is 13.4. The summed E-state index contributed by atoms with van der Waals surface area (Å²) < 4.78 is 40.7. The quantitative estimate of drug-likeness (QED) is 0.476. The van der Waals surface area contributed by atoms with Gasteiger partial charge in [-0.3, -0.25) is 4.79 Å². The molecule has 3 rings (SSSR count). The highest BCUT2D eigenvalue weighted by molar-refractivity contribution is 7.89. The Kier molecular flexibility index (Phi) is 10.3. The number of piperidine rings is 1. The first-order valence-corrected chi connectivity index (χ1v) is 14.7. The maximum atomic E-state index is 14.0. The number of carbonyl (C=O) groups excluding carboxylic acids is 2. The van der Waals surface area contributed by atoms with Crippen molar-refractivity contribution >= 4 is 27.6 Å². The highest BCUT2D eigenvalue weighted by Crippen LogP contribution is 2.22. The van der Waals surface area contributed by atoms with Crippen LogP contribution in [0.1, 0.15) is 44.7 Å². The molecule has 1 saturated heterocycles. The van der Waals surface area contributed by atoms with Crippen molar-refractivity contribution in [2.45, 2.75) is 53.1 Å². The second kappa shape index (κ2) is 13.2. The number of hydrogen-bond acceptors (Lipinski definition) is 4. The van der Waals surface area contributed by atoms with Crippen molar-refractivity contribution in [2.75, 3.05) is 37.2 Å². The van der Waals surface area contributed by atoms with E-state index in [9.17, 15) is 22.4 Å². The van der Waals surface area contributed by atoms with E-state index in [0.29, 0.717) is 32.5 Å². The van der Waals surface area contributed by atoms with Gasteiger partial charge in [-0.15, -0.1) is 0 Å². The number of halogens is 1. The minimum atomic E-state index is -3.55. The molecular weight excluding hydrogens is 507 g/mol. The molecular formula is C28H39FN4O4S. The van der Waals surface area contributed by atoms with Crippen LogP contribution in [0.15, 0.2) is 48.5 Å². The van der Waals surface area contributed by atoms with E-state index in [1.54, 1.807) is 28.9 Å². The van der Waals surface area contributed by atoms with Crippen molar-refractivity contribution < 1.29 is 22.4 Å². The number of anilines is 1. The van der Waals surface area contributed by atoms with Gasteiger partial charge >= 0.3 is 6.03 Å². The highest BCUT2D eigenvalue weighted by atomic mass is 32.2. The van der Waals surface area contributed by atoms with Gasteiger partial charge in [0.05, 0.1) is 18.0 Å². The Labute approximate surface area is 225 Å². The van der Waals surface area contributed by atoms with Crippen LogP contribution in [-0.4, -0.2) is 72.4 Å². The number of carbonyl (C=O) groups is 2. The number of para-hydroxylation sites is 1. The fourth-order valence-electron chi connectivity index (χ4n) is 4.56. The van der Waals surface area contributed by atoms with Crippen molar-refractivity contribution in [1.82, 2.24) is 14.1 Å². The molecule has 0 atom stereocenters. The lowest BCUT2D eigenvalue weighted by molar-refractivity contribution is -0.135. The third-order valence-electron chi connectivity index (χ3n) is 6.74. The molecule has 0 saturated carbocycles. The molecule has 0 aliphatic carbocycles. The number of urea groups is 1. The number of aryl methyl sites for hydroxylation is 1. The Hall–Kier alpha value is -2.98. The number of rotatable bonds is 10. The van der Waals surface area contributed by atoms with E-state index in [0.717, 1.165) is 11.1 Å². The van der Waals surface area contributed by atoms with Crippen molar-refractivity contribution in [3.63, 3.8) is 0 Å². The molecule has 38 heavy (non-hydrogen) atoms. The Balaban J connectivity index is 1.74. The molecule has 2 aromatic carbocycles. The zero-order valence-corrected chi connectivity index (χ0v) is 23.5. The first-order valence-electron chi connectivity index (χ1n) is 13.1. The summed E-state index contributed by atoms with van der Waals surface area (Å²) in [6.07, 6.45) is 1.07. The van der Waals surface area contributed by atoms with Crippen LogP contribution in [0.25, 0.3) is 0 Å². The number of amides is 3. The van der Waals surface area contributed by atoms with E-state index in [2.05, 4.69) is 5.32 Å². The normalized spacial score (nSPS) is 14.7. The van der Waals surface area contributed by atoms with E-state index in [1.165, 1.54) is 16.4 Å². The van der Waals surface area contributed by atoms with Crippen LogP contribution in [-0.2, 0) is 21.4 Å². The van der Waals surface area contributed by atoms with Crippen LogP contribution in [0, 0.1) is 18.7 Å². The molecule has 0 bridgehead atoms. The molecule has 0 spiro atoms. The Morgan fingerprint density at radius 3 is 2.29 bits per heavy atom. The van der Waals surface area contributed by atoms with E-state index >= 15 is 0 Å². The molecule has 3 amide bonds. The molecule has 0 aromatic heterocycles. The van der Waals surface area contributed by atoms with Crippen LogP contribution < -0.4 is 5.32 Å². The minimum absolute atomic E-state index is 0.0690. The van der Waals surface area contributed by atoms with Gasteiger partial charge in [0.2, 0.25) is 15.9 Å². The lowest BCUT2D eigenvalue weighted by Gasteiger charge is -2.39.